The zero-order chi connectivity index (χ0) is 9.66. The van der Waals surface area contributed by atoms with Crippen molar-refractivity contribution in [1.29, 1.82) is 10.5 Å². The van der Waals surface area contributed by atoms with Gasteiger partial charge >= 0.3 is 0 Å². The van der Waals surface area contributed by atoms with Crippen LogP contribution >= 0.6 is 0 Å². The highest BCUT2D eigenvalue weighted by Crippen LogP contribution is 1.82. The van der Waals surface area contributed by atoms with E-state index in [0.29, 0.717) is 6.42 Å². The van der Waals surface area contributed by atoms with E-state index in [0.717, 1.165) is 12.8 Å². The highest BCUT2D eigenvalue weighted by molar-refractivity contribution is 5.00. The van der Waals surface area contributed by atoms with Crippen molar-refractivity contribution >= 4 is 0 Å². The van der Waals surface area contributed by atoms with Crippen LogP contribution in [-0.4, -0.2) is 0 Å². The topological polar surface area (TPSA) is 47.6 Å². The number of nitriles is 2. The Kier molecular flexibility index (Phi) is 17.7. The maximum Gasteiger partial charge on any atom is 0.0908 e. The van der Waals surface area contributed by atoms with Gasteiger partial charge in [0.2, 0.25) is 0 Å². The lowest BCUT2D eigenvalue weighted by molar-refractivity contribution is 1.07. The first-order valence-corrected chi connectivity index (χ1v) is 3.85. The summed E-state index contributed by atoms with van der Waals surface area (Å²) in [6.07, 6.45) is 7.41. The number of rotatable bonds is 3. The van der Waals surface area contributed by atoms with E-state index in [1.165, 1.54) is 6.08 Å². The molecule has 2 nitrogen and oxygen atoms in total. The molecule has 0 aromatic heterocycles. The van der Waals surface area contributed by atoms with Crippen molar-refractivity contribution < 1.29 is 0 Å². The first-order chi connectivity index (χ1) is 5.83. The van der Waals surface area contributed by atoms with E-state index < -0.39 is 0 Å². The van der Waals surface area contributed by atoms with Crippen molar-refractivity contribution in [3.05, 3.63) is 24.8 Å². The second-order valence-electron chi connectivity index (χ2n) is 1.93. The second-order valence-corrected chi connectivity index (χ2v) is 1.93. The minimum absolute atomic E-state index is 0.601. The summed E-state index contributed by atoms with van der Waals surface area (Å²) in [5.74, 6) is 0. The number of allylic oxidation sites excluding steroid dienone is 3. The second kappa shape index (κ2) is 16.2. The molecule has 0 N–H and O–H groups in total. The zero-order valence-corrected chi connectivity index (χ0v) is 7.45. The molecule has 0 unspecified atom stereocenters. The number of unbranched alkanes of at least 4 members (excludes halogenated alkanes) is 1. The molecule has 64 valence electrons. The maximum absolute atomic E-state index is 7.90. The third kappa shape index (κ3) is 23.7. The molecule has 0 saturated carbocycles. The highest BCUT2D eigenvalue weighted by Gasteiger charge is 1.69. The van der Waals surface area contributed by atoms with Crippen LogP contribution in [0.4, 0.5) is 0 Å². The SMILES string of the molecule is C=CCCC#N.CCC=CC#N. The lowest BCUT2D eigenvalue weighted by atomic mass is 10.3. The molecule has 0 aromatic rings. The number of nitrogens with zero attached hydrogens (tertiary/aromatic N) is 2. The van der Waals surface area contributed by atoms with E-state index in [9.17, 15) is 0 Å². The summed E-state index contributed by atoms with van der Waals surface area (Å²) in [6, 6.07) is 3.89. The summed E-state index contributed by atoms with van der Waals surface area (Å²) in [7, 11) is 0. The van der Waals surface area contributed by atoms with Crippen molar-refractivity contribution in [2.45, 2.75) is 26.2 Å². The lowest BCUT2D eigenvalue weighted by Gasteiger charge is -1.70. The van der Waals surface area contributed by atoms with Crippen LogP contribution < -0.4 is 0 Å². The van der Waals surface area contributed by atoms with Gasteiger partial charge in [-0.2, -0.15) is 10.5 Å². The Hall–Kier alpha value is -1.54. The van der Waals surface area contributed by atoms with Crippen LogP contribution in [0.1, 0.15) is 26.2 Å². The fraction of sp³-hybridized carbons (Fsp3) is 0.400. The van der Waals surface area contributed by atoms with Crippen molar-refractivity contribution in [1.82, 2.24) is 0 Å². The predicted octanol–water partition coefficient (Wildman–Crippen LogP) is 2.95. The molecule has 2 heteroatoms. The van der Waals surface area contributed by atoms with E-state index in [1.54, 1.807) is 6.08 Å². The first-order valence-electron chi connectivity index (χ1n) is 3.85. The van der Waals surface area contributed by atoms with Crippen LogP contribution in [0.5, 0.6) is 0 Å². The third-order valence-electron chi connectivity index (χ3n) is 0.888. The average Bonchev–Trinajstić information content (AvgIpc) is 2.12. The molecule has 0 atom stereocenters. The Morgan fingerprint density at radius 2 is 2.08 bits per heavy atom. The Balaban J connectivity index is 0. The number of hydrogen-bond donors (Lipinski definition) is 0. The Bertz CT molecular complexity index is 191. The van der Waals surface area contributed by atoms with E-state index >= 15 is 0 Å². The average molecular weight is 162 g/mol. The highest BCUT2D eigenvalue weighted by atomic mass is 14.2. The van der Waals surface area contributed by atoms with Crippen molar-refractivity contribution in [2.24, 2.45) is 0 Å². The molecule has 0 fully saturated rings. The van der Waals surface area contributed by atoms with Gasteiger partial charge in [-0.25, -0.2) is 0 Å². The molecule has 0 radical (unpaired) electrons. The summed E-state index contributed by atoms with van der Waals surface area (Å²) < 4.78 is 0. The van der Waals surface area contributed by atoms with Gasteiger partial charge in [-0.15, -0.1) is 6.58 Å². The van der Waals surface area contributed by atoms with Crippen LogP contribution in [0.25, 0.3) is 0 Å². The minimum Gasteiger partial charge on any atom is -0.198 e. The molecule has 12 heavy (non-hydrogen) atoms. The van der Waals surface area contributed by atoms with Gasteiger partial charge in [0, 0.05) is 12.5 Å². The molecule has 0 aliphatic rings. The standard InChI is InChI=1S/2C5H7N/c2*1-2-3-4-5-6/h3-4H,2H2,1H3;2H,1,3-4H2. The van der Waals surface area contributed by atoms with E-state index in [1.807, 2.05) is 25.1 Å². The first kappa shape index (κ1) is 13.1. The van der Waals surface area contributed by atoms with Gasteiger partial charge in [0.25, 0.3) is 0 Å². The van der Waals surface area contributed by atoms with E-state index in [4.69, 9.17) is 10.5 Å². The summed E-state index contributed by atoms with van der Waals surface area (Å²) in [5, 5.41) is 15.8. The molecule has 0 heterocycles. The molecule has 0 spiro atoms. The lowest BCUT2D eigenvalue weighted by Crippen LogP contribution is -1.57. The molecule has 0 rings (SSSR count). The van der Waals surface area contributed by atoms with Gasteiger partial charge in [-0.1, -0.05) is 19.1 Å². The molecular weight excluding hydrogens is 148 g/mol. The van der Waals surface area contributed by atoms with E-state index in [2.05, 4.69) is 6.58 Å². The van der Waals surface area contributed by atoms with Crippen molar-refractivity contribution in [3.8, 4) is 12.1 Å². The van der Waals surface area contributed by atoms with Gasteiger partial charge in [-0.3, -0.25) is 0 Å². The fourth-order valence-electron chi connectivity index (χ4n) is 0.337. The summed E-state index contributed by atoms with van der Waals surface area (Å²) in [6.45, 7) is 5.44. The van der Waals surface area contributed by atoms with Crippen LogP contribution in [0.2, 0.25) is 0 Å². The van der Waals surface area contributed by atoms with Crippen LogP contribution in [0, 0.1) is 22.7 Å². The van der Waals surface area contributed by atoms with Crippen LogP contribution in [-0.2, 0) is 0 Å². The fourth-order valence-corrected chi connectivity index (χ4v) is 0.337. The Morgan fingerprint density at radius 1 is 1.42 bits per heavy atom. The summed E-state index contributed by atoms with van der Waals surface area (Å²) >= 11 is 0. The van der Waals surface area contributed by atoms with Gasteiger partial charge < -0.3 is 0 Å². The largest absolute Gasteiger partial charge is 0.198 e. The molecule has 0 aromatic carbocycles. The van der Waals surface area contributed by atoms with Crippen LogP contribution in [0.3, 0.4) is 0 Å². The third-order valence-corrected chi connectivity index (χ3v) is 0.888. The summed E-state index contributed by atoms with van der Waals surface area (Å²) in [4.78, 5) is 0. The zero-order valence-electron chi connectivity index (χ0n) is 7.45. The van der Waals surface area contributed by atoms with Crippen molar-refractivity contribution in [3.63, 3.8) is 0 Å². The molecule has 0 aliphatic carbocycles. The predicted molar refractivity (Wildman–Crippen MR) is 50.1 cm³/mol. The molecule has 0 aliphatic heterocycles. The Labute approximate surface area is 74.4 Å². The summed E-state index contributed by atoms with van der Waals surface area (Å²) in [5.41, 5.74) is 0. The normalized spacial score (nSPS) is 7.58. The monoisotopic (exact) mass is 162 g/mol. The number of hydrogen-bond acceptors (Lipinski definition) is 2. The Morgan fingerprint density at radius 3 is 2.25 bits per heavy atom. The van der Waals surface area contributed by atoms with Gasteiger partial charge in [0.1, 0.15) is 0 Å². The van der Waals surface area contributed by atoms with Crippen LogP contribution in [0.15, 0.2) is 24.8 Å². The minimum atomic E-state index is 0.601. The van der Waals surface area contributed by atoms with Gasteiger partial charge in [-0.05, 0) is 12.8 Å². The molecule has 0 saturated heterocycles. The van der Waals surface area contributed by atoms with Gasteiger partial charge in [0.05, 0.1) is 12.1 Å². The molecule has 0 amide bonds. The van der Waals surface area contributed by atoms with Gasteiger partial charge in [0.15, 0.2) is 0 Å². The molecular formula is C10H14N2. The van der Waals surface area contributed by atoms with Crippen molar-refractivity contribution in [2.75, 3.05) is 0 Å². The quantitative estimate of drug-likeness (QED) is 0.364. The maximum atomic E-state index is 7.90. The smallest absolute Gasteiger partial charge is 0.0908 e. The molecule has 0 bridgehead atoms. The van der Waals surface area contributed by atoms with E-state index in [-0.39, 0.29) is 0 Å².